The topological polar surface area (TPSA) is 40.5 Å². The van der Waals surface area contributed by atoms with E-state index >= 15 is 0 Å². The van der Waals surface area contributed by atoms with Crippen LogP contribution in [0.4, 0.5) is 0 Å². The third kappa shape index (κ3) is 5.05. The number of allylic oxidation sites excluding steroid dienone is 2. The van der Waals surface area contributed by atoms with Crippen LogP contribution in [0.25, 0.3) is 0 Å². The van der Waals surface area contributed by atoms with Gasteiger partial charge in [-0.3, -0.25) is 0 Å². The van der Waals surface area contributed by atoms with Gasteiger partial charge in [-0.1, -0.05) is 30.7 Å². The van der Waals surface area contributed by atoms with E-state index in [4.69, 9.17) is 0 Å². The van der Waals surface area contributed by atoms with Crippen molar-refractivity contribution in [3.05, 3.63) is 23.8 Å². The third-order valence-electron chi connectivity index (χ3n) is 3.52. The first kappa shape index (κ1) is 14.5. The highest BCUT2D eigenvalue weighted by molar-refractivity contribution is 5.07. The zero-order valence-corrected chi connectivity index (χ0v) is 11.5. The van der Waals surface area contributed by atoms with E-state index in [9.17, 15) is 10.2 Å². The Morgan fingerprint density at radius 1 is 1.29 bits per heavy atom. The summed E-state index contributed by atoms with van der Waals surface area (Å²) in [5.41, 5.74) is 0.545. The maximum atomic E-state index is 10.1. The van der Waals surface area contributed by atoms with Gasteiger partial charge in [0.05, 0.1) is 11.7 Å². The predicted molar refractivity (Wildman–Crippen MR) is 71.7 cm³/mol. The molecule has 2 heteroatoms. The molecule has 1 aliphatic rings. The summed E-state index contributed by atoms with van der Waals surface area (Å²) in [5, 5.41) is 20.0. The highest BCUT2D eigenvalue weighted by Gasteiger charge is 2.24. The molecule has 0 amide bonds. The molecule has 0 aromatic carbocycles. The second-order valence-electron chi connectivity index (χ2n) is 5.98. The fraction of sp³-hybridized carbons (Fsp3) is 0.733. The van der Waals surface area contributed by atoms with Crippen LogP contribution in [0.5, 0.6) is 0 Å². The Bertz CT molecular complexity index is 297. The molecule has 2 nitrogen and oxygen atoms in total. The standard InChI is InChI=1S/C15H26O2/c1-11-5-7-13(15(3,4)17)8-6-12(2)10-14(16)9-11/h5,7,10-11,13-14,16-17H,6,8-9H2,1-4H3/b7-5+,12-10+/t11-,13+,14+/m1/s1. The van der Waals surface area contributed by atoms with E-state index < -0.39 is 5.60 Å². The molecular formula is C15H26O2. The highest BCUT2D eigenvalue weighted by Crippen LogP contribution is 2.27. The minimum absolute atomic E-state index is 0.184. The Hall–Kier alpha value is -0.600. The smallest absolute Gasteiger partial charge is 0.0728 e. The van der Waals surface area contributed by atoms with Crippen molar-refractivity contribution in [2.45, 2.75) is 58.7 Å². The Morgan fingerprint density at radius 2 is 1.94 bits per heavy atom. The number of rotatable bonds is 1. The van der Waals surface area contributed by atoms with Gasteiger partial charge in [-0.25, -0.2) is 0 Å². The van der Waals surface area contributed by atoms with Crippen molar-refractivity contribution in [1.82, 2.24) is 0 Å². The van der Waals surface area contributed by atoms with E-state index in [2.05, 4.69) is 26.0 Å². The van der Waals surface area contributed by atoms with Crippen molar-refractivity contribution in [3.63, 3.8) is 0 Å². The summed E-state index contributed by atoms with van der Waals surface area (Å²) in [6.45, 7) is 7.89. The monoisotopic (exact) mass is 238 g/mol. The third-order valence-corrected chi connectivity index (χ3v) is 3.52. The lowest BCUT2D eigenvalue weighted by molar-refractivity contribution is 0.0335. The van der Waals surface area contributed by atoms with Crippen LogP contribution in [0.3, 0.4) is 0 Å². The molecule has 0 aliphatic heterocycles. The molecular weight excluding hydrogens is 212 g/mol. The summed E-state index contributed by atoms with van der Waals surface area (Å²) in [5.74, 6) is 0.528. The molecule has 0 bridgehead atoms. The SMILES string of the molecule is C/C1=C\[C@@H](O)C[C@H](C)/C=C/[C@H](C(C)(C)O)CC1. The van der Waals surface area contributed by atoms with E-state index in [0.717, 1.165) is 19.3 Å². The highest BCUT2D eigenvalue weighted by atomic mass is 16.3. The van der Waals surface area contributed by atoms with Gasteiger partial charge in [0.2, 0.25) is 0 Å². The van der Waals surface area contributed by atoms with Gasteiger partial charge in [-0.15, -0.1) is 0 Å². The zero-order chi connectivity index (χ0) is 13.1. The molecule has 1 aliphatic carbocycles. The van der Waals surface area contributed by atoms with Crippen LogP contribution < -0.4 is 0 Å². The average molecular weight is 238 g/mol. The molecule has 1 rings (SSSR count). The van der Waals surface area contributed by atoms with Crippen molar-refractivity contribution in [3.8, 4) is 0 Å². The van der Waals surface area contributed by atoms with Gasteiger partial charge in [0.15, 0.2) is 0 Å². The fourth-order valence-electron chi connectivity index (χ4n) is 2.33. The van der Waals surface area contributed by atoms with Gasteiger partial charge in [-0.2, -0.15) is 0 Å². The van der Waals surface area contributed by atoms with E-state index in [1.807, 2.05) is 19.9 Å². The Morgan fingerprint density at radius 3 is 2.53 bits per heavy atom. The molecule has 3 atom stereocenters. The van der Waals surface area contributed by atoms with Crippen LogP contribution >= 0.6 is 0 Å². The fourth-order valence-corrected chi connectivity index (χ4v) is 2.33. The number of hydrogen-bond acceptors (Lipinski definition) is 2. The number of aliphatic hydroxyl groups excluding tert-OH is 1. The van der Waals surface area contributed by atoms with Crippen molar-refractivity contribution in [2.24, 2.45) is 11.8 Å². The molecule has 0 unspecified atom stereocenters. The first-order valence-electron chi connectivity index (χ1n) is 6.55. The summed E-state index contributed by atoms with van der Waals surface area (Å²) in [4.78, 5) is 0. The molecule has 0 aromatic rings. The molecule has 98 valence electrons. The van der Waals surface area contributed by atoms with E-state index in [1.54, 1.807) is 0 Å². The molecule has 0 aromatic heterocycles. The Labute approximate surface area is 105 Å². The van der Waals surface area contributed by atoms with Gasteiger partial charge in [0.1, 0.15) is 0 Å². The maximum Gasteiger partial charge on any atom is 0.0728 e. The Kier molecular flexibility index (Phi) is 4.96. The molecule has 0 radical (unpaired) electrons. The van der Waals surface area contributed by atoms with E-state index in [1.165, 1.54) is 5.57 Å². The minimum Gasteiger partial charge on any atom is -0.390 e. The minimum atomic E-state index is -0.672. The summed E-state index contributed by atoms with van der Waals surface area (Å²) in [6.07, 6.45) is 8.49. The second kappa shape index (κ2) is 5.83. The lowest BCUT2D eigenvalue weighted by Gasteiger charge is -2.28. The molecule has 0 fully saturated rings. The van der Waals surface area contributed by atoms with Crippen molar-refractivity contribution in [1.29, 1.82) is 0 Å². The van der Waals surface area contributed by atoms with E-state index in [-0.39, 0.29) is 12.0 Å². The largest absolute Gasteiger partial charge is 0.390 e. The lowest BCUT2D eigenvalue weighted by Crippen LogP contribution is -2.29. The van der Waals surface area contributed by atoms with Gasteiger partial charge in [-0.05, 0) is 46.0 Å². The van der Waals surface area contributed by atoms with Crippen LogP contribution in [-0.2, 0) is 0 Å². The molecule has 17 heavy (non-hydrogen) atoms. The van der Waals surface area contributed by atoms with Crippen molar-refractivity contribution in [2.75, 3.05) is 0 Å². The summed E-state index contributed by atoms with van der Waals surface area (Å²) in [7, 11) is 0. The van der Waals surface area contributed by atoms with Crippen LogP contribution in [0.15, 0.2) is 23.8 Å². The second-order valence-corrected chi connectivity index (χ2v) is 5.98. The van der Waals surface area contributed by atoms with Gasteiger partial charge in [0.25, 0.3) is 0 Å². The number of aliphatic hydroxyl groups is 2. The predicted octanol–water partition coefficient (Wildman–Crippen LogP) is 3.06. The van der Waals surface area contributed by atoms with Gasteiger partial charge < -0.3 is 10.2 Å². The normalized spacial score (nSPS) is 37.1. The zero-order valence-electron chi connectivity index (χ0n) is 11.5. The van der Waals surface area contributed by atoms with E-state index in [0.29, 0.717) is 5.92 Å². The first-order chi connectivity index (χ1) is 7.79. The van der Waals surface area contributed by atoms with Gasteiger partial charge in [0, 0.05) is 5.92 Å². The molecule has 0 heterocycles. The quantitative estimate of drug-likeness (QED) is 0.689. The molecule has 0 saturated carbocycles. The van der Waals surface area contributed by atoms with Crippen LogP contribution in [0.1, 0.15) is 47.0 Å². The van der Waals surface area contributed by atoms with Crippen molar-refractivity contribution >= 4 is 0 Å². The van der Waals surface area contributed by atoms with Crippen LogP contribution in [-0.4, -0.2) is 21.9 Å². The molecule has 2 N–H and O–H groups in total. The molecule has 0 spiro atoms. The van der Waals surface area contributed by atoms with Crippen LogP contribution in [0.2, 0.25) is 0 Å². The summed E-state index contributed by atoms with van der Waals surface area (Å²) in [6, 6.07) is 0. The van der Waals surface area contributed by atoms with Gasteiger partial charge >= 0.3 is 0 Å². The summed E-state index contributed by atoms with van der Waals surface area (Å²) < 4.78 is 0. The molecule has 0 saturated heterocycles. The summed E-state index contributed by atoms with van der Waals surface area (Å²) >= 11 is 0. The number of hydrogen-bond donors (Lipinski definition) is 2. The average Bonchev–Trinajstić information content (AvgIpc) is 2.14. The first-order valence-corrected chi connectivity index (χ1v) is 6.55. The maximum absolute atomic E-state index is 10.1. The lowest BCUT2D eigenvalue weighted by atomic mass is 9.83. The Balaban J connectivity index is 2.83. The van der Waals surface area contributed by atoms with Crippen molar-refractivity contribution < 1.29 is 10.2 Å². The van der Waals surface area contributed by atoms with Crippen LogP contribution in [0, 0.1) is 11.8 Å².